The Balaban J connectivity index is 1.57. The molecule has 1 N–H and O–H groups in total. The second kappa shape index (κ2) is 6.45. The Kier molecular flexibility index (Phi) is 4.37. The van der Waals surface area contributed by atoms with Crippen molar-refractivity contribution in [2.75, 3.05) is 20.1 Å². The van der Waals surface area contributed by atoms with Gasteiger partial charge >= 0.3 is 0 Å². The van der Waals surface area contributed by atoms with E-state index in [2.05, 4.69) is 4.98 Å². The van der Waals surface area contributed by atoms with E-state index in [0.29, 0.717) is 30.3 Å². The molecule has 1 aliphatic carbocycles. The lowest BCUT2D eigenvalue weighted by molar-refractivity contribution is -0.129. The van der Waals surface area contributed by atoms with Crippen LogP contribution >= 0.6 is 0 Å². The van der Waals surface area contributed by atoms with Crippen molar-refractivity contribution in [3.63, 3.8) is 0 Å². The van der Waals surface area contributed by atoms with Gasteiger partial charge in [-0.2, -0.15) is 5.26 Å². The number of nitriles is 1. The van der Waals surface area contributed by atoms with Crippen LogP contribution in [0.5, 0.6) is 0 Å². The van der Waals surface area contributed by atoms with Crippen molar-refractivity contribution in [1.82, 2.24) is 14.8 Å². The highest BCUT2D eigenvalue weighted by Crippen LogP contribution is 2.29. The number of amides is 2. The van der Waals surface area contributed by atoms with Crippen molar-refractivity contribution in [2.45, 2.75) is 38.1 Å². The standard InChI is InChI=1S/C17H22N4O2/c1-20(17(23)15-6-12(8-18)9-19-15)10-13-7-16(22)21(11-13)14-4-2-3-5-14/h6,9,13-14,19H,2-5,7,10-11H2,1H3/t13-/m1/s1. The van der Waals surface area contributed by atoms with Crippen molar-refractivity contribution < 1.29 is 9.59 Å². The lowest BCUT2D eigenvalue weighted by atomic mass is 10.1. The largest absolute Gasteiger partial charge is 0.356 e. The van der Waals surface area contributed by atoms with E-state index >= 15 is 0 Å². The summed E-state index contributed by atoms with van der Waals surface area (Å²) in [6, 6.07) is 3.97. The minimum absolute atomic E-state index is 0.140. The Morgan fingerprint density at radius 1 is 1.48 bits per heavy atom. The normalized spacial score (nSPS) is 21.7. The van der Waals surface area contributed by atoms with E-state index in [9.17, 15) is 9.59 Å². The van der Waals surface area contributed by atoms with Gasteiger partial charge in [0.05, 0.1) is 5.56 Å². The Hall–Kier alpha value is -2.29. The van der Waals surface area contributed by atoms with Gasteiger partial charge in [0.15, 0.2) is 0 Å². The maximum Gasteiger partial charge on any atom is 0.270 e. The van der Waals surface area contributed by atoms with Crippen LogP contribution in [0.25, 0.3) is 0 Å². The molecule has 1 aliphatic heterocycles. The second-order valence-electron chi connectivity index (χ2n) is 6.65. The summed E-state index contributed by atoms with van der Waals surface area (Å²) < 4.78 is 0. The first-order chi connectivity index (χ1) is 11.1. The zero-order chi connectivity index (χ0) is 16.4. The van der Waals surface area contributed by atoms with Gasteiger partial charge in [-0.25, -0.2) is 0 Å². The number of hydrogen-bond donors (Lipinski definition) is 1. The maximum absolute atomic E-state index is 12.4. The van der Waals surface area contributed by atoms with Gasteiger partial charge in [0.2, 0.25) is 5.91 Å². The molecule has 122 valence electrons. The number of likely N-dealkylation sites (tertiary alicyclic amines) is 1. The van der Waals surface area contributed by atoms with Crippen LogP contribution in [0.2, 0.25) is 0 Å². The number of aromatic amines is 1. The van der Waals surface area contributed by atoms with E-state index in [-0.39, 0.29) is 17.7 Å². The first-order valence-corrected chi connectivity index (χ1v) is 8.22. The summed E-state index contributed by atoms with van der Waals surface area (Å²) >= 11 is 0. The number of rotatable bonds is 4. The minimum atomic E-state index is -0.140. The van der Waals surface area contributed by atoms with Crippen LogP contribution in [-0.4, -0.2) is 52.8 Å². The van der Waals surface area contributed by atoms with Gasteiger partial charge in [0, 0.05) is 44.7 Å². The molecule has 2 heterocycles. The molecule has 1 aromatic heterocycles. The molecule has 0 bridgehead atoms. The maximum atomic E-state index is 12.4. The molecule has 1 saturated heterocycles. The molecule has 2 fully saturated rings. The van der Waals surface area contributed by atoms with Crippen molar-refractivity contribution in [3.05, 3.63) is 23.5 Å². The van der Waals surface area contributed by atoms with Crippen LogP contribution in [0.3, 0.4) is 0 Å². The van der Waals surface area contributed by atoms with E-state index < -0.39 is 0 Å². The highest BCUT2D eigenvalue weighted by atomic mass is 16.2. The molecule has 1 aromatic rings. The molecule has 0 radical (unpaired) electrons. The summed E-state index contributed by atoms with van der Waals surface area (Å²) in [5.41, 5.74) is 0.867. The second-order valence-corrected chi connectivity index (χ2v) is 6.65. The third-order valence-electron chi connectivity index (χ3n) is 4.93. The molecule has 0 aromatic carbocycles. The highest BCUT2D eigenvalue weighted by molar-refractivity contribution is 5.92. The smallest absolute Gasteiger partial charge is 0.270 e. The van der Waals surface area contributed by atoms with Gasteiger partial charge in [-0.3, -0.25) is 9.59 Å². The predicted octanol–water partition coefficient (Wildman–Crippen LogP) is 1.75. The van der Waals surface area contributed by atoms with E-state index in [0.717, 1.165) is 19.4 Å². The van der Waals surface area contributed by atoms with Crippen molar-refractivity contribution in [1.29, 1.82) is 5.26 Å². The molecule has 1 saturated carbocycles. The number of carbonyl (C=O) groups is 2. The summed E-state index contributed by atoms with van der Waals surface area (Å²) in [6.07, 6.45) is 6.72. The van der Waals surface area contributed by atoms with Gasteiger partial charge in [0.1, 0.15) is 11.8 Å². The summed E-state index contributed by atoms with van der Waals surface area (Å²) in [5, 5.41) is 8.83. The molecule has 23 heavy (non-hydrogen) atoms. The van der Waals surface area contributed by atoms with Crippen LogP contribution < -0.4 is 0 Å². The molecule has 1 atom stereocenters. The lowest BCUT2D eigenvalue weighted by Gasteiger charge is -2.25. The Labute approximate surface area is 136 Å². The third kappa shape index (κ3) is 3.24. The molecule has 0 unspecified atom stereocenters. The Morgan fingerprint density at radius 3 is 2.87 bits per heavy atom. The van der Waals surface area contributed by atoms with Crippen LogP contribution in [0.1, 0.15) is 48.2 Å². The monoisotopic (exact) mass is 314 g/mol. The number of aromatic nitrogens is 1. The fraction of sp³-hybridized carbons (Fsp3) is 0.588. The number of carbonyl (C=O) groups excluding carboxylic acids is 2. The quantitative estimate of drug-likeness (QED) is 0.919. The van der Waals surface area contributed by atoms with Crippen LogP contribution in [0, 0.1) is 17.2 Å². The van der Waals surface area contributed by atoms with Gasteiger partial charge in [-0.05, 0) is 18.9 Å². The third-order valence-corrected chi connectivity index (χ3v) is 4.93. The van der Waals surface area contributed by atoms with E-state index in [1.807, 2.05) is 11.0 Å². The SMILES string of the molecule is CN(C[C@H]1CC(=O)N(C2CCCC2)C1)C(=O)c1cc(C#N)c[nH]1. The molecular weight excluding hydrogens is 292 g/mol. The van der Waals surface area contributed by atoms with E-state index in [1.165, 1.54) is 19.0 Å². The molecular formula is C17H22N4O2. The molecule has 6 nitrogen and oxygen atoms in total. The number of nitrogens with zero attached hydrogens (tertiary/aromatic N) is 3. The zero-order valence-electron chi connectivity index (χ0n) is 13.4. The fourth-order valence-electron chi connectivity index (χ4n) is 3.76. The lowest BCUT2D eigenvalue weighted by Crippen LogP contribution is -2.36. The van der Waals surface area contributed by atoms with Gasteiger partial charge in [-0.1, -0.05) is 12.8 Å². The van der Waals surface area contributed by atoms with Gasteiger partial charge < -0.3 is 14.8 Å². The molecule has 3 rings (SSSR count). The predicted molar refractivity (Wildman–Crippen MR) is 84.5 cm³/mol. The van der Waals surface area contributed by atoms with Gasteiger partial charge in [0.25, 0.3) is 5.91 Å². The molecule has 0 spiro atoms. The van der Waals surface area contributed by atoms with E-state index in [1.54, 1.807) is 18.0 Å². The molecule has 2 amide bonds. The first-order valence-electron chi connectivity index (χ1n) is 8.22. The summed E-state index contributed by atoms with van der Waals surface area (Å²) in [5.74, 6) is 0.287. The van der Waals surface area contributed by atoms with Gasteiger partial charge in [-0.15, -0.1) is 0 Å². The van der Waals surface area contributed by atoms with Crippen molar-refractivity contribution >= 4 is 11.8 Å². The van der Waals surface area contributed by atoms with Crippen LogP contribution in [-0.2, 0) is 4.79 Å². The minimum Gasteiger partial charge on any atom is -0.356 e. The highest BCUT2D eigenvalue weighted by Gasteiger charge is 2.36. The van der Waals surface area contributed by atoms with E-state index in [4.69, 9.17) is 5.26 Å². The van der Waals surface area contributed by atoms with Crippen molar-refractivity contribution in [2.24, 2.45) is 5.92 Å². The van der Waals surface area contributed by atoms with Crippen LogP contribution in [0.15, 0.2) is 12.3 Å². The summed E-state index contributed by atoms with van der Waals surface area (Å²) in [7, 11) is 1.75. The molecule has 6 heteroatoms. The average Bonchev–Trinajstić information content (AvgIpc) is 3.26. The zero-order valence-corrected chi connectivity index (χ0v) is 13.4. The number of hydrogen-bond acceptors (Lipinski definition) is 3. The van der Waals surface area contributed by atoms with Crippen LogP contribution in [0.4, 0.5) is 0 Å². The number of nitrogens with one attached hydrogen (secondary N) is 1. The summed E-state index contributed by atoms with van der Waals surface area (Å²) in [4.78, 5) is 31.1. The Morgan fingerprint density at radius 2 is 2.22 bits per heavy atom. The van der Waals surface area contributed by atoms with Crippen molar-refractivity contribution in [3.8, 4) is 6.07 Å². The molecule has 2 aliphatic rings. The Bertz CT molecular complexity index is 639. The fourth-order valence-corrected chi connectivity index (χ4v) is 3.76. The number of H-pyrrole nitrogens is 1. The first kappa shape index (κ1) is 15.6. The summed E-state index contributed by atoms with van der Waals surface area (Å²) in [6.45, 7) is 1.32. The topological polar surface area (TPSA) is 80.2 Å². The average molecular weight is 314 g/mol.